The standard InChI is InChI=1S/C15H23N3O4S/c1-23(21,22)13-6-7-14(15(12-13)18(19)20)16-8-5-11-17-9-3-2-4-10-17/h6-7,12,16H,2-5,8-11H2,1H3. The molecule has 1 aromatic carbocycles. The van der Waals surface area contributed by atoms with Crippen LogP contribution >= 0.6 is 0 Å². The van der Waals surface area contributed by atoms with Gasteiger partial charge in [-0.05, 0) is 51.0 Å². The molecule has 0 unspecified atom stereocenters. The van der Waals surface area contributed by atoms with E-state index < -0.39 is 14.8 Å². The first-order valence-electron chi connectivity index (χ1n) is 7.82. The number of hydrogen-bond acceptors (Lipinski definition) is 6. The van der Waals surface area contributed by atoms with Gasteiger partial charge < -0.3 is 10.2 Å². The van der Waals surface area contributed by atoms with E-state index >= 15 is 0 Å². The Morgan fingerprint density at radius 2 is 1.96 bits per heavy atom. The van der Waals surface area contributed by atoms with Crippen LogP contribution in [0, 0.1) is 10.1 Å². The highest BCUT2D eigenvalue weighted by Gasteiger charge is 2.18. The van der Waals surface area contributed by atoms with Gasteiger partial charge in [0.05, 0.1) is 9.82 Å². The number of piperidine rings is 1. The molecule has 0 amide bonds. The van der Waals surface area contributed by atoms with Crippen LogP contribution in [0.4, 0.5) is 11.4 Å². The molecule has 7 nitrogen and oxygen atoms in total. The van der Waals surface area contributed by atoms with Gasteiger partial charge in [0.25, 0.3) is 5.69 Å². The van der Waals surface area contributed by atoms with Crippen molar-refractivity contribution < 1.29 is 13.3 Å². The van der Waals surface area contributed by atoms with Gasteiger partial charge in [-0.25, -0.2) is 8.42 Å². The van der Waals surface area contributed by atoms with E-state index in [0.717, 1.165) is 38.4 Å². The zero-order valence-corrected chi connectivity index (χ0v) is 14.1. The smallest absolute Gasteiger partial charge is 0.293 e. The Kier molecular flexibility index (Phi) is 5.95. The molecule has 1 aliphatic heterocycles. The number of nitro groups is 1. The summed E-state index contributed by atoms with van der Waals surface area (Å²) in [7, 11) is -3.45. The Labute approximate surface area is 136 Å². The summed E-state index contributed by atoms with van der Waals surface area (Å²) in [6.45, 7) is 3.85. The summed E-state index contributed by atoms with van der Waals surface area (Å²) in [5, 5.41) is 14.2. The van der Waals surface area contributed by atoms with Crippen molar-refractivity contribution in [2.75, 3.05) is 37.8 Å². The van der Waals surface area contributed by atoms with Gasteiger partial charge in [0.1, 0.15) is 5.69 Å². The van der Waals surface area contributed by atoms with Crippen molar-refractivity contribution in [3.63, 3.8) is 0 Å². The molecular formula is C15H23N3O4S. The molecule has 0 bridgehead atoms. The predicted molar refractivity (Wildman–Crippen MR) is 89.6 cm³/mol. The molecule has 1 saturated heterocycles. The average Bonchev–Trinajstić information content (AvgIpc) is 2.51. The SMILES string of the molecule is CS(=O)(=O)c1ccc(NCCCN2CCCCC2)c([N+](=O)[O-])c1. The fraction of sp³-hybridized carbons (Fsp3) is 0.600. The number of anilines is 1. The van der Waals surface area contributed by atoms with E-state index in [1.54, 1.807) is 0 Å². The molecule has 1 aliphatic rings. The van der Waals surface area contributed by atoms with Crippen LogP contribution in [0.5, 0.6) is 0 Å². The maximum absolute atomic E-state index is 11.5. The summed E-state index contributed by atoms with van der Waals surface area (Å²) in [5.41, 5.74) is 0.159. The summed E-state index contributed by atoms with van der Waals surface area (Å²) in [4.78, 5) is 13.0. The fourth-order valence-electron chi connectivity index (χ4n) is 2.75. The number of likely N-dealkylation sites (tertiary alicyclic amines) is 1. The van der Waals surface area contributed by atoms with Crippen molar-refractivity contribution in [3.05, 3.63) is 28.3 Å². The highest BCUT2D eigenvalue weighted by Crippen LogP contribution is 2.27. The summed E-state index contributed by atoms with van der Waals surface area (Å²) in [5.74, 6) is 0. The molecular weight excluding hydrogens is 318 g/mol. The summed E-state index contributed by atoms with van der Waals surface area (Å²) in [6.07, 6.45) is 5.72. The Bertz CT molecular complexity index is 655. The third kappa shape index (κ3) is 5.18. The average molecular weight is 341 g/mol. The molecule has 0 radical (unpaired) electrons. The molecule has 8 heteroatoms. The van der Waals surface area contributed by atoms with Crippen molar-refractivity contribution >= 4 is 21.2 Å². The Morgan fingerprint density at radius 3 is 2.57 bits per heavy atom. The molecule has 0 aliphatic carbocycles. The number of sulfone groups is 1. The number of nitrogens with one attached hydrogen (secondary N) is 1. The minimum atomic E-state index is -3.45. The van der Waals surface area contributed by atoms with Gasteiger partial charge in [-0.2, -0.15) is 0 Å². The molecule has 0 saturated carbocycles. The van der Waals surface area contributed by atoms with Crippen LogP contribution < -0.4 is 5.32 Å². The van der Waals surface area contributed by atoms with Gasteiger partial charge in [-0.1, -0.05) is 6.42 Å². The van der Waals surface area contributed by atoms with E-state index in [9.17, 15) is 18.5 Å². The third-order valence-corrected chi connectivity index (χ3v) is 5.12. The predicted octanol–water partition coefficient (Wildman–Crippen LogP) is 2.29. The summed E-state index contributed by atoms with van der Waals surface area (Å²) in [6, 6.07) is 3.98. The van der Waals surface area contributed by atoms with Crippen LogP contribution in [-0.4, -0.2) is 50.7 Å². The second-order valence-electron chi connectivity index (χ2n) is 5.89. The molecule has 128 valence electrons. The normalized spacial score (nSPS) is 16.2. The molecule has 0 spiro atoms. The van der Waals surface area contributed by atoms with E-state index in [-0.39, 0.29) is 10.6 Å². The second-order valence-corrected chi connectivity index (χ2v) is 7.91. The largest absolute Gasteiger partial charge is 0.379 e. The van der Waals surface area contributed by atoms with Crippen molar-refractivity contribution in [2.45, 2.75) is 30.6 Å². The molecule has 0 atom stereocenters. The zero-order valence-electron chi connectivity index (χ0n) is 13.3. The van der Waals surface area contributed by atoms with Gasteiger partial charge in [0.2, 0.25) is 0 Å². The quantitative estimate of drug-likeness (QED) is 0.465. The lowest BCUT2D eigenvalue weighted by atomic mass is 10.1. The monoisotopic (exact) mass is 341 g/mol. The fourth-order valence-corrected chi connectivity index (χ4v) is 3.39. The van der Waals surface area contributed by atoms with E-state index in [1.165, 1.54) is 31.4 Å². The lowest BCUT2D eigenvalue weighted by Gasteiger charge is -2.26. The second kappa shape index (κ2) is 7.74. The number of hydrogen-bond donors (Lipinski definition) is 1. The van der Waals surface area contributed by atoms with Crippen molar-refractivity contribution in [3.8, 4) is 0 Å². The Morgan fingerprint density at radius 1 is 1.26 bits per heavy atom. The lowest BCUT2D eigenvalue weighted by molar-refractivity contribution is -0.384. The van der Waals surface area contributed by atoms with E-state index in [0.29, 0.717) is 12.2 Å². The summed E-state index contributed by atoms with van der Waals surface area (Å²) < 4.78 is 23.0. The first-order chi connectivity index (χ1) is 10.9. The molecule has 1 aromatic rings. The molecule has 1 N–H and O–H groups in total. The first-order valence-corrected chi connectivity index (χ1v) is 9.72. The van der Waals surface area contributed by atoms with E-state index in [4.69, 9.17) is 0 Å². The Hall–Kier alpha value is -1.67. The van der Waals surface area contributed by atoms with E-state index in [2.05, 4.69) is 10.2 Å². The third-order valence-electron chi connectivity index (χ3n) is 4.01. The van der Waals surface area contributed by atoms with Crippen LogP contribution in [0.2, 0.25) is 0 Å². The Balaban J connectivity index is 1.95. The van der Waals surface area contributed by atoms with Gasteiger partial charge in [-0.3, -0.25) is 10.1 Å². The highest BCUT2D eigenvalue weighted by atomic mass is 32.2. The topological polar surface area (TPSA) is 92.6 Å². The highest BCUT2D eigenvalue weighted by molar-refractivity contribution is 7.90. The van der Waals surface area contributed by atoms with Crippen LogP contribution in [0.1, 0.15) is 25.7 Å². The molecule has 1 fully saturated rings. The minimum absolute atomic E-state index is 0.0388. The lowest BCUT2D eigenvalue weighted by Crippen LogP contribution is -2.31. The van der Waals surface area contributed by atoms with Crippen LogP contribution in [-0.2, 0) is 9.84 Å². The van der Waals surface area contributed by atoms with Gasteiger partial charge in [-0.15, -0.1) is 0 Å². The number of benzene rings is 1. The van der Waals surface area contributed by atoms with Gasteiger partial charge in [0, 0.05) is 18.9 Å². The molecule has 23 heavy (non-hydrogen) atoms. The summed E-state index contributed by atoms with van der Waals surface area (Å²) >= 11 is 0. The van der Waals surface area contributed by atoms with Gasteiger partial charge in [0.15, 0.2) is 9.84 Å². The number of nitrogens with zero attached hydrogens (tertiary/aromatic N) is 2. The number of nitro benzene ring substituents is 1. The maximum atomic E-state index is 11.5. The van der Waals surface area contributed by atoms with Crippen molar-refractivity contribution in [1.29, 1.82) is 0 Å². The van der Waals surface area contributed by atoms with E-state index in [1.807, 2.05) is 0 Å². The van der Waals surface area contributed by atoms with Crippen LogP contribution in [0.25, 0.3) is 0 Å². The van der Waals surface area contributed by atoms with Crippen molar-refractivity contribution in [2.24, 2.45) is 0 Å². The molecule has 2 rings (SSSR count). The van der Waals surface area contributed by atoms with Crippen molar-refractivity contribution in [1.82, 2.24) is 4.90 Å². The zero-order chi connectivity index (χ0) is 16.9. The van der Waals surface area contributed by atoms with Crippen LogP contribution in [0.15, 0.2) is 23.1 Å². The maximum Gasteiger partial charge on any atom is 0.293 e. The van der Waals surface area contributed by atoms with Gasteiger partial charge >= 0.3 is 0 Å². The molecule has 0 aromatic heterocycles. The molecule has 1 heterocycles. The minimum Gasteiger partial charge on any atom is -0.379 e. The van der Waals surface area contributed by atoms with Crippen LogP contribution in [0.3, 0.4) is 0 Å². The first kappa shape index (κ1) is 17.7. The number of rotatable bonds is 7.